The van der Waals surface area contributed by atoms with Crippen LogP contribution in [0.15, 0.2) is 30.5 Å². The van der Waals surface area contributed by atoms with Crippen LogP contribution in [0.25, 0.3) is 0 Å². The number of nitrogens with zero attached hydrogens (tertiary/aromatic N) is 3. The van der Waals surface area contributed by atoms with Crippen molar-refractivity contribution in [1.82, 2.24) is 9.88 Å². The molecule has 1 fully saturated rings. The van der Waals surface area contributed by atoms with Crippen molar-refractivity contribution in [3.05, 3.63) is 51.6 Å². The van der Waals surface area contributed by atoms with Crippen LogP contribution in [0.3, 0.4) is 0 Å². The summed E-state index contributed by atoms with van der Waals surface area (Å²) in [5.74, 6) is -0.529. The molecule has 1 aromatic heterocycles. The van der Waals surface area contributed by atoms with Gasteiger partial charge in [0.05, 0.1) is 21.3 Å². The summed E-state index contributed by atoms with van der Waals surface area (Å²) in [4.78, 5) is 32.0. The minimum Gasteiger partial charge on any atom is -0.355 e. The highest BCUT2D eigenvalue weighted by Crippen LogP contribution is 2.35. The Labute approximate surface area is 193 Å². The summed E-state index contributed by atoms with van der Waals surface area (Å²) in [5.41, 5.74) is -0.167. The molecule has 6 nitrogen and oxygen atoms in total. The lowest BCUT2D eigenvalue weighted by molar-refractivity contribution is -0.137. The molecule has 0 atom stereocenters. The van der Waals surface area contributed by atoms with Gasteiger partial charge in [0, 0.05) is 44.9 Å². The maximum absolute atomic E-state index is 12.8. The number of amides is 2. The molecule has 0 unspecified atom stereocenters. The zero-order chi connectivity index (χ0) is 23.6. The summed E-state index contributed by atoms with van der Waals surface area (Å²) < 4.78 is 38.4. The number of pyridine rings is 1. The third-order valence-electron chi connectivity index (χ3n) is 5.19. The van der Waals surface area contributed by atoms with E-state index in [2.05, 4.69) is 10.3 Å². The van der Waals surface area contributed by atoms with Gasteiger partial charge in [0.1, 0.15) is 5.82 Å². The first kappa shape index (κ1) is 24.1. The molecule has 0 radical (unpaired) electrons. The van der Waals surface area contributed by atoms with Crippen LogP contribution in [0.4, 0.5) is 24.7 Å². The van der Waals surface area contributed by atoms with Crippen LogP contribution < -0.4 is 10.2 Å². The van der Waals surface area contributed by atoms with Gasteiger partial charge in [-0.25, -0.2) is 4.98 Å². The lowest BCUT2D eigenvalue weighted by atomic mass is 9.95. The van der Waals surface area contributed by atoms with Crippen molar-refractivity contribution >= 4 is 46.5 Å². The maximum atomic E-state index is 12.8. The summed E-state index contributed by atoms with van der Waals surface area (Å²) in [6.45, 7) is 0.812. The lowest BCUT2D eigenvalue weighted by Crippen LogP contribution is -2.38. The number of carbonyl (C=O) groups excluding carboxylic acids is 2. The number of aromatic nitrogens is 1. The highest BCUT2D eigenvalue weighted by atomic mass is 35.5. The molecule has 1 aliphatic rings. The summed E-state index contributed by atoms with van der Waals surface area (Å²) >= 11 is 12.2. The zero-order valence-electron chi connectivity index (χ0n) is 17.3. The van der Waals surface area contributed by atoms with Gasteiger partial charge in [-0.2, -0.15) is 13.2 Å². The molecule has 2 heterocycles. The highest BCUT2D eigenvalue weighted by molar-refractivity contribution is 6.34. The van der Waals surface area contributed by atoms with Crippen molar-refractivity contribution in [3.8, 4) is 0 Å². The Morgan fingerprint density at radius 1 is 1.12 bits per heavy atom. The molecule has 0 saturated carbocycles. The molecule has 2 aromatic rings. The van der Waals surface area contributed by atoms with Gasteiger partial charge in [0.25, 0.3) is 5.91 Å². The lowest BCUT2D eigenvalue weighted by Gasteiger charge is -2.32. The third-order valence-corrected chi connectivity index (χ3v) is 5.80. The molecule has 32 heavy (non-hydrogen) atoms. The first-order valence-corrected chi connectivity index (χ1v) is 10.5. The molecule has 0 aliphatic carbocycles. The number of anilines is 2. The normalized spacial score (nSPS) is 14.9. The largest absolute Gasteiger partial charge is 0.417 e. The van der Waals surface area contributed by atoms with Crippen LogP contribution in [0.5, 0.6) is 0 Å². The minimum atomic E-state index is -4.52. The van der Waals surface area contributed by atoms with E-state index in [0.29, 0.717) is 42.2 Å². The van der Waals surface area contributed by atoms with Gasteiger partial charge in [-0.05, 0) is 37.1 Å². The monoisotopic (exact) mass is 488 g/mol. The van der Waals surface area contributed by atoms with E-state index >= 15 is 0 Å². The fourth-order valence-corrected chi connectivity index (χ4v) is 3.87. The van der Waals surface area contributed by atoms with Crippen LogP contribution >= 0.6 is 23.2 Å². The topological polar surface area (TPSA) is 65.5 Å². The Morgan fingerprint density at radius 3 is 2.34 bits per heavy atom. The standard InChI is InChI=1S/C21H21Cl2F3N4O2/c1-29(2)20(32)13-3-4-15(22)17(9-13)28-19(31)12-5-7-30(8-6-12)18-16(23)10-14(11-27-18)21(24,25)26/h3-4,9-12H,5-8H2,1-2H3,(H,28,31). The van der Waals surface area contributed by atoms with Gasteiger partial charge < -0.3 is 15.1 Å². The fourth-order valence-electron chi connectivity index (χ4n) is 3.42. The third kappa shape index (κ3) is 5.45. The number of alkyl halides is 3. The Hall–Kier alpha value is -2.52. The second-order valence-electron chi connectivity index (χ2n) is 7.67. The highest BCUT2D eigenvalue weighted by Gasteiger charge is 2.33. The molecule has 0 bridgehead atoms. The minimum absolute atomic E-state index is 0.0862. The number of hydrogen-bond acceptors (Lipinski definition) is 4. The average molecular weight is 489 g/mol. The summed E-state index contributed by atoms with van der Waals surface area (Å²) in [6, 6.07) is 5.52. The van der Waals surface area contributed by atoms with Crippen molar-refractivity contribution < 1.29 is 22.8 Å². The SMILES string of the molecule is CN(C)C(=O)c1ccc(Cl)c(NC(=O)C2CCN(c3ncc(C(F)(F)F)cc3Cl)CC2)c1. The molecule has 1 aromatic carbocycles. The van der Waals surface area contributed by atoms with E-state index < -0.39 is 11.7 Å². The molecule has 0 spiro atoms. The van der Waals surface area contributed by atoms with E-state index in [9.17, 15) is 22.8 Å². The number of hydrogen-bond donors (Lipinski definition) is 1. The van der Waals surface area contributed by atoms with Gasteiger partial charge >= 0.3 is 6.18 Å². The maximum Gasteiger partial charge on any atom is 0.417 e. The van der Waals surface area contributed by atoms with Crippen molar-refractivity contribution in [2.45, 2.75) is 19.0 Å². The van der Waals surface area contributed by atoms with E-state index in [1.165, 1.54) is 11.0 Å². The van der Waals surface area contributed by atoms with Crippen LogP contribution in [-0.4, -0.2) is 48.9 Å². The molecule has 3 rings (SSSR count). The molecular formula is C21H21Cl2F3N4O2. The van der Waals surface area contributed by atoms with Gasteiger partial charge in [-0.1, -0.05) is 23.2 Å². The summed E-state index contributed by atoms with van der Waals surface area (Å²) in [5, 5.41) is 3.00. The molecule has 2 amide bonds. The molecule has 11 heteroatoms. The fraction of sp³-hybridized carbons (Fsp3) is 0.381. The van der Waals surface area contributed by atoms with Crippen molar-refractivity contribution in [2.75, 3.05) is 37.4 Å². The second-order valence-corrected chi connectivity index (χ2v) is 8.49. The number of benzene rings is 1. The van der Waals surface area contributed by atoms with Crippen LogP contribution in [0, 0.1) is 5.92 Å². The Kier molecular flexibility index (Phi) is 7.19. The van der Waals surface area contributed by atoms with Crippen LogP contribution in [0.1, 0.15) is 28.8 Å². The van der Waals surface area contributed by atoms with E-state index in [-0.39, 0.29) is 28.6 Å². The number of carbonyl (C=O) groups is 2. The predicted octanol–water partition coefficient (Wildman–Crippen LogP) is 4.96. The van der Waals surface area contributed by atoms with Crippen molar-refractivity contribution in [1.29, 1.82) is 0 Å². The molecular weight excluding hydrogens is 468 g/mol. The Morgan fingerprint density at radius 2 is 1.78 bits per heavy atom. The number of rotatable bonds is 4. The van der Waals surface area contributed by atoms with E-state index in [0.717, 1.165) is 12.3 Å². The summed E-state index contributed by atoms with van der Waals surface area (Å²) in [7, 11) is 3.25. The molecule has 1 aliphatic heterocycles. The first-order chi connectivity index (χ1) is 15.0. The smallest absolute Gasteiger partial charge is 0.355 e. The Balaban J connectivity index is 1.64. The van der Waals surface area contributed by atoms with Crippen LogP contribution in [0.2, 0.25) is 10.0 Å². The van der Waals surface area contributed by atoms with E-state index in [1.54, 1.807) is 31.1 Å². The van der Waals surface area contributed by atoms with Crippen molar-refractivity contribution in [3.63, 3.8) is 0 Å². The Bertz CT molecular complexity index is 1020. The number of piperidine rings is 1. The predicted molar refractivity (Wildman–Crippen MR) is 117 cm³/mol. The van der Waals surface area contributed by atoms with E-state index in [4.69, 9.17) is 23.2 Å². The number of nitrogens with one attached hydrogen (secondary N) is 1. The van der Waals surface area contributed by atoms with Gasteiger partial charge in [0.15, 0.2) is 0 Å². The molecule has 1 N–H and O–H groups in total. The average Bonchev–Trinajstić information content (AvgIpc) is 2.74. The van der Waals surface area contributed by atoms with Gasteiger partial charge in [-0.3, -0.25) is 9.59 Å². The molecule has 1 saturated heterocycles. The van der Waals surface area contributed by atoms with Gasteiger partial charge in [-0.15, -0.1) is 0 Å². The second kappa shape index (κ2) is 9.54. The summed E-state index contributed by atoms with van der Waals surface area (Å²) in [6.07, 6.45) is -2.85. The zero-order valence-corrected chi connectivity index (χ0v) is 18.9. The molecule has 172 valence electrons. The van der Waals surface area contributed by atoms with E-state index in [1.807, 2.05) is 0 Å². The van der Waals surface area contributed by atoms with Crippen molar-refractivity contribution in [2.24, 2.45) is 5.92 Å². The van der Waals surface area contributed by atoms with Crippen LogP contribution in [-0.2, 0) is 11.0 Å². The van der Waals surface area contributed by atoms with Gasteiger partial charge in [0.2, 0.25) is 5.91 Å². The first-order valence-electron chi connectivity index (χ1n) is 9.77. The number of halogens is 5. The quantitative estimate of drug-likeness (QED) is 0.660.